The van der Waals surface area contributed by atoms with Crippen molar-refractivity contribution >= 4 is 6.09 Å². The Kier molecular flexibility index (Phi) is 2.85. The number of nitrogens with zero attached hydrogens (tertiary/aromatic N) is 3. The number of halogens is 1. The van der Waals surface area contributed by atoms with Gasteiger partial charge in [-0.05, 0) is 0 Å². The van der Waals surface area contributed by atoms with Crippen molar-refractivity contribution in [2.75, 3.05) is 6.61 Å². The molecule has 0 aliphatic carbocycles. The Morgan fingerprint density at radius 1 is 1.56 bits per heavy atom. The van der Waals surface area contributed by atoms with Gasteiger partial charge in [-0.1, -0.05) is 0 Å². The van der Waals surface area contributed by atoms with E-state index in [4.69, 9.17) is 4.74 Å². The van der Waals surface area contributed by atoms with E-state index >= 15 is 0 Å². The number of aromatic nitrogens is 2. The Hall–Kier alpha value is -0.790. The fraction of sp³-hybridized carbons (Fsp3) is 0.600. The third kappa shape index (κ3) is 1.50. The summed E-state index contributed by atoms with van der Waals surface area (Å²) in [7, 11) is 4.06. The van der Waals surface area contributed by atoms with E-state index in [0.717, 1.165) is 6.42 Å². The number of fused-ring (bicyclic) bond motifs is 2. The summed E-state index contributed by atoms with van der Waals surface area (Å²) in [6, 6.07) is 0.235. The van der Waals surface area contributed by atoms with E-state index in [1.165, 1.54) is 11.4 Å². The average Bonchev–Trinajstić information content (AvgIpc) is 2.70. The predicted molar refractivity (Wildman–Crippen MR) is 51.0 cm³/mol. The van der Waals surface area contributed by atoms with Crippen LogP contribution in [0.3, 0.4) is 0 Å². The second kappa shape index (κ2) is 3.90. The second-order valence-electron chi connectivity index (χ2n) is 4.29. The first-order valence-corrected chi connectivity index (χ1v) is 5.13. The molecule has 0 saturated carbocycles. The summed E-state index contributed by atoms with van der Waals surface area (Å²) in [6.45, 7) is 1.21. The predicted octanol–water partition coefficient (Wildman–Crippen LogP) is -3.27. The Labute approximate surface area is 111 Å². The number of aryl methyl sites for hydroxylation is 2. The molecule has 0 aromatic carbocycles. The van der Waals surface area contributed by atoms with Crippen LogP contribution in [-0.4, -0.2) is 28.2 Å². The Morgan fingerprint density at radius 2 is 2.31 bits per heavy atom. The molecule has 1 fully saturated rings. The van der Waals surface area contributed by atoms with E-state index < -0.39 is 0 Å². The van der Waals surface area contributed by atoms with Crippen LogP contribution in [0, 0.1) is 0 Å². The molecular formula is C10H14IN3O2. The van der Waals surface area contributed by atoms with Crippen LogP contribution in [0.4, 0.5) is 4.79 Å². The van der Waals surface area contributed by atoms with E-state index in [2.05, 4.69) is 15.5 Å². The number of ether oxygens (including phenoxy) is 1. The zero-order valence-electron chi connectivity index (χ0n) is 9.31. The molecule has 0 spiro atoms. The number of carbonyl (C=O) groups excluding carboxylic acids is 1. The van der Waals surface area contributed by atoms with Crippen LogP contribution < -0.4 is 28.5 Å². The van der Waals surface area contributed by atoms with Crippen molar-refractivity contribution in [3.8, 4) is 0 Å². The highest BCUT2D eigenvalue weighted by Crippen LogP contribution is 2.25. The van der Waals surface area contributed by atoms with Crippen LogP contribution in [0.25, 0.3) is 0 Å². The van der Waals surface area contributed by atoms with Gasteiger partial charge in [0.05, 0.1) is 26.7 Å². The third-order valence-electron chi connectivity index (χ3n) is 3.35. The van der Waals surface area contributed by atoms with Gasteiger partial charge in [-0.2, -0.15) is 0 Å². The van der Waals surface area contributed by atoms with Crippen LogP contribution in [0.15, 0.2) is 6.33 Å². The molecule has 0 N–H and O–H groups in total. The van der Waals surface area contributed by atoms with Crippen molar-refractivity contribution in [1.29, 1.82) is 0 Å². The average molecular weight is 335 g/mol. The maximum atomic E-state index is 11.4. The molecule has 0 radical (unpaired) electrons. The second-order valence-corrected chi connectivity index (χ2v) is 4.29. The molecule has 1 atom stereocenters. The first-order chi connectivity index (χ1) is 7.16. The largest absolute Gasteiger partial charge is 1.00 e. The van der Waals surface area contributed by atoms with Crippen LogP contribution in [0.5, 0.6) is 0 Å². The highest BCUT2D eigenvalue weighted by Gasteiger charge is 2.41. The van der Waals surface area contributed by atoms with Gasteiger partial charge in [0.2, 0.25) is 6.33 Å². The number of cyclic esters (lactones) is 1. The van der Waals surface area contributed by atoms with Gasteiger partial charge in [0.1, 0.15) is 12.3 Å². The highest BCUT2D eigenvalue weighted by molar-refractivity contribution is 5.70. The number of carbonyl (C=O) groups is 1. The summed E-state index contributed by atoms with van der Waals surface area (Å²) < 4.78 is 9.26. The van der Waals surface area contributed by atoms with Gasteiger partial charge < -0.3 is 28.7 Å². The lowest BCUT2D eigenvalue weighted by molar-refractivity contribution is -0.679. The summed E-state index contributed by atoms with van der Waals surface area (Å²) in [4.78, 5) is 13.2. The zero-order chi connectivity index (χ0) is 10.6. The molecule has 1 aromatic rings. The fourth-order valence-electron chi connectivity index (χ4n) is 2.51. The number of amides is 1. The minimum absolute atomic E-state index is 0. The van der Waals surface area contributed by atoms with Gasteiger partial charge in [-0.3, -0.25) is 4.90 Å². The number of imidazole rings is 1. The van der Waals surface area contributed by atoms with Crippen molar-refractivity contribution in [2.24, 2.45) is 14.1 Å². The first kappa shape index (κ1) is 11.7. The topological polar surface area (TPSA) is 38.3 Å². The van der Waals surface area contributed by atoms with Crippen LogP contribution in [0.2, 0.25) is 0 Å². The first-order valence-electron chi connectivity index (χ1n) is 5.13. The monoisotopic (exact) mass is 335 g/mol. The summed E-state index contributed by atoms with van der Waals surface area (Å²) in [6.07, 6.45) is 2.78. The lowest BCUT2D eigenvalue weighted by atomic mass is 10.0. The van der Waals surface area contributed by atoms with Gasteiger partial charge >= 0.3 is 6.09 Å². The van der Waals surface area contributed by atoms with E-state index in [1.807, 2.05) is 19.0 Å². The van der Waals surface area contributed by atoms with Crippen LogP contribution >= 0.6 is 0 Å². The summed E-state index contributed by atoms with van der Waals surface area (Å²) in [5, 5.41) is 0. The van der Waals surface area contributed by atoms with E-state index in [-0.39, 0.29) is 36.1 Å². The summed E-state index contributed by atoms with van der Waals surface area (Å²) in [5.74, 6) is 0. The molecule has 1 aromatic heterocycles. The van der Waals surface area contributed by atoms with Gasteiger partial charge in [0.15, 0.2) is 5.69 Å². The van der Waals surface area contributed by atoms with Crippen LogP contribution in [0.1, 0.15) is 11.4 Å². The molecule has 0 unspecified atom stereocenters. The maximum absolute atomic E-state index is 11.4. The smallest absolute Gasteiger partial charge is 0.410 e. The van der Waals surface area contributed by atoms with Gasteiger partial charge in [-0.15, -0.1) is 0 Å². The molecule has 5 nitrogen and oxygen atoms in total. The molecular weight excluding hydrogens is 321 g/mol. The molecule has 1 amide bonds. The van der Waals surface area contributed by atoms with Crippen molar-refractivity contribution < 1.29 is 38.1 Å². The molecule has 88 valence electrons. The molecule has 0 bridgehead atoms. The maximum Gasteiger partial charge on any atom is 0.410 e. The Balaban J connectivity index is 0.000000963. The number of hydrogen-bond acceptors (Lipinski definition) is 2. The van der Waals surface area contributed by atoms with Crippen LogP contribution in [-0.2, 0) is 31.8 Å². The van der Waals surface area contributed by atoms with E-state index in [0.29, 0.717) is 13.2 Å². The molecule has 1 saturated heterocycles. The van der Waals surface area contributed by atoms with E-state index in [9.17, 15) is 4.79 Å². The van der Waals surface area contributed by atoms with Crippen molar-refractivity contribution in [1.82, 2.24) is 9.47 Å². The van der Waals surface area contributed by atoms with Crippen molar-refractivity contribution in [2.45, 2.75) is 19.0 Å². The zero-order valence-corrected chi connectivity index (χ0v) is 11.5. The normalized spacial score (nSPS) is 22.2. The van der Waals surface area contributed by atoms with E-state index in [1.54, 1.807) is 0 Å². The fourth-order valence-corrected chi connectivity index (χ4v) is 2.51. The number of hydrogen-bond donors (Lipinski definition) is 0. The Bertz CT molecular complexity index is 444. The minimum atomic E-state index is -0.172. The van der Waals surface area contributed by atoms with Gasteiger partial charge in [0, 0.05) is 6.42 Å². The lowest BCUT2D eigenvalue weighted by Crippen LogP contribution is -3.00. The molecule has 3 heterocycles. The summed E-state index contributed by atoms with van der Waals surface area (Å²) >= 11 is 0. The minimum Gasteiger partial charge on any atom is -1.00 e. The summed E-state index contributed by atoms with van der Waals surface area (Å²) in [5.41, 5.74) is 2.53. The molecule has 6 heteroatoms. The number of rotatable bonds is 0. The highest BCUT2D eigenvalue weighted by atomic mass is 127. The molecule has 16 heavy (non-hydrogen) atoms. The quantitative estimate of drug-likeness (QED) is 0.369. The van der Waals surface area contributed by atoms with Crippen molar-refractivity contribution in [3.05, 3.63) is 17.7 Å². The van der Waals surface area contributed by atoms with Crippen molar-refractivity contribution in [3.63, 3.8) is 0 Å². The molecule has 3 rings (SSSR count). The Morgan fingerprint density at radius 3 is 3.06 bits per heavy atom. The molecule has 2 aliphatic heterocycles. The third-order valence-corrected chi connectivity index (χ3v) is 3.35. The SMILES string of the molecule is Cn1c[n+](C)c2c1CN1C(=O)OC[C@@H]1C2.[I-]. The lowest BCUT2D eigenvalue weighted by Gasteiger charge is -2.24. The standard InChI is InChI=1S/C10H14N3O2.HI/c1-11-6-12(2)9-4-13-7(3-8(9)11)5-15-10(13)14;/h6-7H,3-5H2,1-2H3;1H/q+1;/p-1/t7-;/m0./s1. The van der Waals surface area contributed by atoms with Gasteiger partial charge in [-0.25, -0.2) is 13.9 Å². The van der Waals surface area contributed by atoms with Gasteiger partial charge in [0.25, 0.3) is 0 Å². The molecule has 2 aliphatic rings.